The van der Waals surface area contributed by atoms with E-state index in [9.17, 15) is 19.5 Å². The zero-order valence-electron chi connectivity index (χ0n) is 25.3. The summed E-state index contributed by atoms with van der Waals surface area (Å²) in [5.74, 6) is -2.00. The van der Waals surface area contributed by atoms with Gasteiger partial charge in [0.1, 0.15) is 12.0 Å². The number of ether oxygens (including phenoxy) is 1. The summed E-state index contributed by atoms with van der Waals surface area (Å²) in [6.07, 6.45) is 11.3. The molecule has 2 aromatic rings. The van der Waals surface area contributed by atoms with Crippen molar-refractivity contribution in [1.29, 1.82) is 0 Å². The highest BCUT2D eigenvalue weighted by Gasteiger charge is 2.34. The molecule has 1 aliphatic rings. The average molecular weight is 581 g/mol. The van der Waals surface area contributed by atoms with Gasteiger partial charge in [0, 0.05) is 18.3 Å². The van der Waals surface area contributed by atoms with Crippen LogP contribution in [0.25, 0.3) is 0 Å². The number of benzene rings is 1. The first-order chi connectivity index (χ1) is 20.2. The van der Waals surface area contributed by atoms with E-state index in [0.717, 1.165) is 31.2 Å². The number of allylic oxidation sites excluding steroid dienone is 1. The van der Waals surface area contributed by atoms with E-state index in [0.29, 0.717) is 30.4 Å². The van der Waals surface area contributed by atoms with Crippen molar-refractivity contribution in [3.05, 3.63) is 66.8 Å². The van der Waals surface area contributed by atoms with Crippen molar-refractivity contribution < 1.29 is 24.2 Å². The number of nitrogens with one attached hydrogen (secondary N) is 3. The number of nitrogens with zero attached hydrogens (tertiary/aromatic N) is 1. The molecule has 1 unspecified atom stereocenters. The monoisotopic (exact) mass is 580 g/mol. The second kappa shape index (κ2) is 16.9. The molecule has 42 heavy (non-hydrogen) atoms. The summed E-state index contributed by atoms with van der Waals surface area (Å²) in [6.45, 7) is 8.14. The molecule has 230 valence electrons. The third-order valence-electron chi connectivity index (χ3n) is 8.47. The first-order valence-electron chi connectivity index (χ1n) is 15.2. The van der Waals surface area contributed by atoms with Gasteiger partial charge in [0.2, 0.25) is 11.8 Å². The fraction of sp³-hybridized carbons (Fsp3) is 0.576. The predicted molar refractivity (Wildman–Crippen MR) is 162 cm³/mol. The van der Waals surface area contributed by atoms with E-state index < -0.39 is 41.9 Å². The number of H-pyrrole nitrogens is 1. The van der Waals surface area contributed by atoms with E-state index in [1.807, 2.05) is 36.4 Å². The molecule has 0 radical (unpaired) electrons. The van der Waals surface area contributed by atoms with Crippen molar-refractivity contribution in [1.82, 2.24) is 20.6 Å². The summed E-state index contributed by atoms with van der Waals surface area (Å²) in [5.41, 5.74) is 1.46. The van der Waals surface area contributed by atoms with E-state index in [4.69, 9.17) is 4.74 Å². The molecule has 1 aliphatic carbocycles. The minimum atomic E-state index is -1.13. The highest BCUT2D eigenvalue weighted by Crippen LogP contribution is 2.30. The molecule has 0 saturated heterocycles. The Kier molecular flexibility index (Phi) is 13.3. The van der Waals surface area contributed by atoms with Crippen LogP contribution in [-0.4, -0.2) is 58.2 Å². The molecule has 1 fully saturated rings. The molecule has 9 heteroatoms. The van der Waals surface area contributed by atoms with Gasteiger partial charge in [-0.05, 0) is 42.6 Å². The number of carbonyl (C=O) groups is 3. The van der Waals surface area contributed by atoms with Crippen LogP contribution < -0.4 is 10.6 Å². The number of aromatic nitrogens is 2. The number of hydrogen-bond donors (Lipinski definition) is 4. The number of esters is 1. The van der Waals surface area contributed by atoms with Crippen molar-refractivity contribution in [3.63, 3.8) is 0 Å². The molecular formula is C33H48N4O5. The van der Waals surface area contributed by atoms with E-state index in [2.05, 4.69) is 41.0 Å². The van der Waals surface area contributed by atoms with E-state index in [1.54, 1.807) is 6.20 Å². The summed E-state index contributed by atoms with van der Waals surface area (Å²) < 4.78 is 4.94. The molecule has 4 N–H and O–H groups in total. The molecule has 3 rings (SSSR count). The van der Waals surface area contributed by atoms with Gasteiger partial charge < -0.3 is 25.5 Å². The van der Waals surface area contributed by atoms with Gasteiger partial charge >= 0.3 is 5.97 Å². The summed E-state index contributed by atoms with van der Waals surface area (Å²) in [6, 6.07) is 7.73. The Hall–Kier alpha value is -3.46. The van der Waals surface area contributed by atoms with Gasteiger partial charge in [-0.1, -0.05) is 82.4 Å². The maximum atomic E-state index is 13.9. The lowest BCUT2D eigenvalue weighted by atomic mass is 9.81. The smallest absolute Gasteiger partial charge is 0.318 e. The Bertz CT molecular complexity index is 1110. The molecule has 0 bridgehead atoms. The predicted octanol–water partition coefficient (Wildman–Crippen LogP) is 4.13. The van der Waals surface area contributed by atoms with Crippen LogP contribution in [0.15, 0.2) is 55.5 Å². The summed E-state index contributed by atoms with van der Waals surface area (Å²) in [5, 5.41) is 17.3. The number of imidazole rings is 1. The van der Waals surface area contributed by atoms with E-state index >= 15 is 0 Å². The lowest BCUT2D eigenvalue weighted by Crippen LogP contribution is -2.55. The quantitative estimate of drug-likeness (QED) is 0.134. The van der Waals surface area contributed by atoms with Gasteiger partial charge in [-0.25, -0.2) is 4.98 Å². The van der Waals surface area contributed by atoms with E-state index in [1.165, 1.54) is 19.9 Å². The molecule has 5 atom stereocenters. The zero-order valence-corrected chi connectivity index (χ0v) is 25.3. The number of aliphatic hydroxyl groups is 1. The Morgan fingerprint density at radius 2 is 1.81 bits per heavy atom. The van der Waals surface area contributed by atoms with Crippen molar-refractivity contribution >= 4 is 17.8 Å². The van der Waals surface area contributed by atoms with Crippen LogP contribution in [0.1, 0.15) is 70.1 Å². The SMILES string of the molecule is C=C[C@@H](C[C@H](O)[C@H](CC1CCCCC1)NC(=O)[C@H](Cc1cnc[nH]1)NC(=O)C(Cc1ccccc1)C(=O)OC)C(C)C. The Morgan fingerprint density at radius 3 is 2.40 bits per heavy atom. The molecule has 1 aromatic carbocycles. The van der Waals surface area contributed by atoms with Gasteiger partial charge in [0.25, 0.3) is 0 Å². The van der Waals surface area contributed by atoms with Gasteiger partial charge in [0.05, 0.1) is 25.6 Å². The van der Waals surface area contributed by atoms with Gasteiger partial charge in [-0.3, -0.25) is 14.4 Å². The fourth-order valence-corrected chi connectivity index (χ4v) is 5.83. The number of amides is 2. The molecule has 1 heterocycles. The van der Waals surface area contributed by atoms with Gasteiger partial charge in [0.15, 0.2) is 0 Å². The Labute approximate surface area is 249 Å². The summed E-state index contributed by atoms with van der Waals surface area (Å²) in [7, 11) is 1.24. The first kappa shape index (κ1) is 33.0. The van der Waals surface area contributed by atoms with Crippen molar-refractivity contribution in [2.45, 2.75) is 89.8 Å². The molecule has 1 saturated carbocycles. The molecule has 0 aliphatic heterocycles. The Balaban J connectivity index is 1.81. The standard InChI is InChI=1S/C33H48N4O5/c1-5-25(22(2)3)18-30(38)28(17-24-14-10-7-11-15-24)36-32(40)29(19-26-20-34-21-35-26)37-31(39)27(33(41)42-4)16-23-12-8-6-9-13-23/h5-6,8-9,12-13,20-22,24-25,27-30,38H,1,7,10-11,14-19H2,2-4H3,(H,34,35)(H,36,40)(H,37,39)/t25-,27?,28-,29-,30-/m0/s1. The van der Waals surface area contributed by atoms with Crippen LogP contribution in [0.2, 0.25) is 0 Å². The van der Waals surface area contributed by atoms with Crippen molar-refractivity contribution in [3.8, 4) is 0 Å². The van der Waals surface area contributed by atoms with Crippen LogP contribution >= 0.6 is 0 Å². The third-order valence-corrected chi connectivity index (χ3v) is 8.47. The van der Waals surface area contributed by atoms with Crippen LogP contribution in [0.3, 0.4) is 0 Å². The Morgan fingerprint density at radius 1 is 1.10 bits per heavy atom. The molecule has 9 nitrogen and oxygen atoms in total. The van der Waals surface area contributed by atoms with Crippen LogP contribution in [0.4, 0.5) is 0 Å². The first-order valence-corrected chi connectivity index (χ1v) is 15.2. The van der Waals surface area contributed by atoms with Crippen molar-refractivity contribution in [2.24, 2.45) is 23.7 Å². The number of aliphatic hydroxyl groups excluding tert-OH is 1. The maximum absolute atomic E-state index is 13.9. The number of aromatic amines is 1. The maximum Gasteiger partial charge on any atom is 0.318 e. The third kappa shape index (κ3) is 10.1. The minimum absolute atomic E-state index is 0.102. The largest absolute Gasteiger partial charge is 0.468 e. The van der Waals surface area contributed by atoms with Gasteiger partial charge in [-0.15, -0.1) is 6.58 Å². The highest BCUT2D eigenvalue weighted by molar-refractivity contribution is 6.00. The topological polar surface area (TPSA) is 133 Å². The highest BCUT2D eigenvalue weighted by atomic mass is 16.5. The second-order valence-electron chi connectivity index (χ2n) is 11.9. The molecular weight excluding hydrogens is 532 g/mol. The van der Waals surface area contributed by atoms with E-state index in [-0.39, 0.29) is 18.8 Å². The lowest BCUT2D eigenvalue weighted by Gasteiger charge is -2.33. The van der Waals surface area contributed by atoms with Crippen molar-refractivity contribution in [2.75, 3.05) is 7.11 Å². The number of rotatable bonds is 16. The van der Waals surface area contributed by atoms with Crippen LogP contribution in [-0.2, 0) is 32.0 Å². The molecule has 1 aromatic heterocycles. The molecule has 0 spiro atoms. The number of hydrogen-bond acceptors (Lipinski definition) is 6. The zero-order chi connectivity index (χ0) is 30.5. The summed E-state index contributed by atoms with van der Waals surface area (Å²) in [4.78, 5) is 47.1. The van der Waals surface area contributed by atoms with Gasteiger partial charge in [-0.2, -0.15) is 0 Å². The number of methoxy groups -OCH3 is 1. The number of carbonyl (C=O) groups excluding carboxylic acids is 3. The average Bonchev–Trinajstić information content (AvgIpc) is 3.51. The van der Waals surface area contributed by atoms with Crippen LogP contribution in [0.5, 0.6) is 0 Å². The second-order valence-corrected chi connectivity index (χ2v) is 11.9. The lowest BCUT2D eigenvalue weighted by molar-refractivity contribution is -0.150. The fourth-order valence-electron chi connectivity index (χ4n) is 5.83. The molecule has 2 amide bonds. The minimum Gasteiger partial charge on any atom is -0.468 e. The van der Waals surface area contributed by atoms with Crippen LogP contribution in [0, 0.1) is 23.7 Å². The normalized spacial score (nSPS) is 17.5. The summed E-state index contributed by atoms with van der Waals surface area (Å²) >= 11 is 0.